The molecular formula is C11H23NO. The maximum Gasteiger partial charge on any atom is 0.0555 e. The average molecular weight is 185 g/mol. The number of nitrogens with one attached hydrogen (secondary N) is 1. The monoisotopic (exact) mass is 185 g/mol. The van der Waals surface area contributed by atoms with Gasteiger partial charge in [-0.2, -0.15) is 0 Å². The normalized spacial score (nSPS) is 30.5. The van der Waals surface area contributed by atoms with Crippen LogP contribution in [0, 0.1) is 5.41 Å². The Labute approximate surface area is 81.7 Å². The first kappa shape index (κ1) is 11.0. The molecule has 2 atom stereocenters. The lowest BCUT2D eigenvalue weighted by Gasteiger charge is -2.29. The summed E-state index contributed by atoms with van der Waals surface area (Å²) in [4.78, 5) is 0. The SMILES string of the molecule is CC(C)(C)CNC1CCCC(O)C1. The van der Waals surface area contributed by atoms with Crippen molar-refractivity contribution in [3.8, 4) is 0 Å². The highest BCUT2D eigenvalue weighted by Gasteiger charge is 2.21. The third-order valence-corrected chi connectivity index (χ3v) is 2.57. The molecule has 78 valence electrons. The van der Waals surface area contributed by atoms with Crippen molar-refractivity contribution in [2.45, 2.75) is 58.6 Å². The predicted molar refractivity (Wildman–Crippen MR) is 55.7 cm³/mol. The highest BCUT2D eigenvalue weighted by atomic mass is 16.3. The summed E-state index contributed by atoms with van der Waals surface area (Å²) in [6.45, 7) is 7.75. The Morgan fingerprint density at radius 3 is 2.54 bits per heavy atom. The number of aliphatic hydroxyl groups is 1. The summed E-state index contributed by atoms with van der Waals surface area (Å²) < 4.78 is 0. The van der Waals surface area contributed by atoms with E-state index in [1.54, 1.807) is 0 Å². The van der Waals surface area contributed by atoms with Gasteiger partial charge in [-0.3, -0.25) is 0 Å². The zero-order valence-corrected chi connectivity index (χ0v) is 9.14. The summed E-state index contributed by atoms with van der Waals surface area (Å²) in [5.41, 5.74) is 0.350. The molecule has 0 aromatic carbocycles. The van der Waals surface area contributed by atoms with Crippen LogP contribution < -0.4 is 5.32 Å². The maximum atomic E-state index is 9.47. The van der Waals surface area contributed by atoms with Crippen LogP contribution in [0.1, 0.15) is 46.5 Å². The van der Waals surface area contributed by atoms with Crippen molar-refractivity contribution in [2.75, 3.05) is 6.54 Å². The van der Waals surface area contributed by atoms with Gasteiger partial charge in [0, 0.05) is 12.6 Å². The average Bonchev–Trinajstić information content (AvgIpc) is 2.00. The number of hydrogen-bond acceptors (Lipinski definition) is 2. The van der Waals surface area contributed by atoms with Crippen LogP contribution in [0.25, 0.3) is 0 Å². The minimum atomic E-state index is -0.0637. The molecule has 0 aromatic rings. The highest BCUT2D eigenvalue weighted by Crippen LogP contribution is 2.19. The van der Waals surface area contributed by atoms with E-state index in [0.29, 0.717) is 11.5 Å². The van der Waals surface area contributed by atoms with Gasteiger partial charge in [-0.1, -0.05) is 20.8 Å². The minimum Gasteiger partial charge on any atom is -0.393 e. The molecule has 1 aliphatic rings. The molecule has 2 unspecified atom stereocenters. The quantitative estimate of drug-likeness (QED) is 0.689. The van der Waals surface area contributed by atoms with Gasteiger partial charge in [-0.15, -0.1) is 0 Å². The molecule has 0 bridgehead atoms. The van der Waals surface area contributed by atoms with Crippen LogP contribution in [0.15, 0.2) is 0 Å². The molecule has 13 heavy (non-hydrogen) atoms. The fraction of sp³-hybridized carbons (Fsp3) is 1.00. The van der Waals surface area contributed by atoms with Gasteiger partial charge in [0.05, 0.1) is 6.10 Å². The Morgan fingerprint density at radius 1 is 1.31 bits per heavy atom. The zero-order chi connectivity index (χ0) is 9.90. The summed E-state index contributed by atoms with van der Waals surface area (Å²) >= 11 is 0. The molecule has 2 N–H and O–H groups in total. The molecular weight excluding hydrogens is 162 g/mol. The summed E-state index contributed by atoms with van der Waals surface area (Å²) in [5, 5.41) is 13.0. The van der Waals surface area contributed by atoms with Gasteiger partial charge in [0.1, 0.15) is 0 Å². The van der Waals surface area contributed by atoms with E-state index in [0.717, 1.165) is 19.4 Å². The van der Waals surface area contributed by atoms with E-state index in [9.17, 15) is 5.11 Å². The lowest BCUT2D eigenvalue weighted by atomic mass is 9.91. The fourth-order valence-electron chi connectivity index (χ4n) is 1.80. The predicted octanol–water partition coefficient (Wildman–Crippen LogP) is 1.93. The van der Waals surface area contributed by atoms with Crippen LogP contribution in [0.2, 0.25) is 0 Å². The van der Waals surface area contributed by atoms with Crippen LogP contribution >= 0.6 is 0 Å². The van der Waals surface area contributed by atoms with E-state index in [4.69, 9.17) is 0 Å². The maximum absolute atomic E-state index is 9.47. The lowest BCUT2D eigenvalue weighted by molar-refractivity contribution is 0.109. The third-order valence-electron chi connectivity index (χ3n) is 2.57. The number of hydrogen-bond donors (Lipinski definition) is 2. The zero-order valence-electron chi connectivity index (χ0n) is 9.14. The van der Waals surface area contributed by atoms with Crippen LogP contribution in [-0.4, -0.2) is 23.8 Å². The number of rotatable bonds is 2. The van der Waals surface area contributed by atoms with Gasteiger partial charge in [0.2, 0.25) is 0 Å². The Balaban J connectivity index is 2.21. The Morgan fingerprint density at radius 2 is 2.00 bits per heavy atom. The van der Waals surface area contributed by atoms with Crippen LogP contribution in [-0.2, 0) is 0 Å². The van der Waals surface area contributed by atoms with Crippen molar-refractivity contribution in [3.05, 3.63) is 0 Å². The molecule has 1 rings (SSSR count). The standard InChI is InChI=1S/C11H23NO/c1-11(2,3)8-12-9-5-4-6-10(13)7-9/h9-10,12-13H,4-8H2,1-3H3. The summed E-state index contributed by atoms with van der Waals surface area (Å²) in [7, 11) is 0. The molecule has 0 spiro atoms. The van der Waals surface area contributed by atoms with Gasteiger partial charge in [0.25, 0.3) is 0 Å². The van der Waals surface area contributed by atoms with Gasteiger partial charge >= 0.3 is 0 Å². The van der Waals surface area contributed by atoms with E-state index in [1.165, 1.54) is 12.8 Å². The smallest absolute Gasteiger partial charge is 0.0555 e. The van der Waals surface area contributed by atoms with Crippen molar-refractivity contribution < 1.29 is 5.11 Å². The van der Waals surface area contributed by atoms with Crippen molar-refractivity contribution >= 4 is 0 Å². The summed E-state index contributed by atoms with van der Waals surface area (Å²) in [6, 6.07) is 0.544. The van der Waals surface area contributed by atoms with E-state index >= 15 is 0 Å². The summed E-state index contributed by atoms with van der Waals surface area (Å²) in [6.07, 6.45) is 4.27. The second-order valence-electron chi connectivity index (χ2n) is 5.46. The number of aliphatic hydroxyl groups excluding tert-OH is 1. The molecule has 0 aliphatic heterocycles. The van der Waals surface area contributed by atoms with Gasteiger partial charge in [-0.25, -0.2) is 0 Å². The molecule has 2 heteroatoms. The Kier molecular flexibility index (Phi) is 3.74. The molecule has 0 radical (unpaired) electrons. The summed E-state index contributed by atoms with van der Waals surface area (Å²) in [5.74, 6) is 0. The molecule has 0 aromatic heterocycles. The topological polar surface area (TPSA) is 32.3 Å². The van der Waals surface area contributed by atoms with E-state index in [1.807, 2.05) is 0 Å². The molecule has 0 saturated heterocycles. The first-order valence-corrected chi connectivity index (χ1v) is 5.39. The highest BCUT2D eigenvalue weighted by molar-refractivity contribution is 4.79. The van der Waals surface area contributed by atoms with E-state index < -0.39 is 0 Å². The Bertz CT molecular complexity index is 151. The van der Waals surface area contributed by atoms with Crippen LogP contribution in [0.5, 0.6) is 0 Å². The molecule has 1 saturated carbocycles. The van der Waals surface area contributed by atoms with Crippen LogP contribution in [0.4, 0.5) is 0 Å². The second-order valence-corrected chi connectivity index (χ2v) is 5.46. The molecule has 0 heterocycles. The molecule has 1 fully saturated rings. The molecule has 0 amide bonds. The Hall–Kier alpha value is -0.0800. The first-order chi connectivity index (χ1) is 5.97. The third kappa shape index (κ3) is 4.63. The fourth-order valence-corrected chi connectivity index (χ4v) is 1.80. The van der Waals surface area contributed by atoms with Crippen molar-refractivity contribution in [1.29, 1.82) is 0 Å². The van der Waals surface area contributed by atoms with Crippen LogP contribution in [0.3, 0.4) is 0 Å². The van der Waals surface area contributed by atoms with E-state index in [-0.39, 0.29) is 6.10 Å². The van der Waals surface area contributed by atoms with Gasteiger partial charge in [0.15, 0.2) is 0 Å². The first-order valence-electron chi connectivity index (χ1n) is 5.39. The minimum absolute atomic E-state index is 0.0637. The van der Waals surface area contributed by atoms with Crippen molar-refractivity contribution in [3.63, 3.8) is 0 Å². The second kappa shape index (κ2) is 4.43. The molecule has 1 aliphatic carbocycles. The lowest BCUT2D eigenvalue weighted by Crippen LogP contribution is -2.40. The van der Waals surface area contributed by atoms with E-state index in [2.05, 4.69) is 26.1 Å². The molecule has 2 nitrogen and oxygen atoms in total. The largest absolute Gasteiger partial charge is 0.393 e. The van der Waals surface area contributed by atoms with Crippen molar-refractivity contribution in [1.82, 2.24) is 5.32 Å². The van der Waals surface area contributed by atoms with Crippen molar-refractivity contribution in [2.24, 2.45) is 5.41 Å². The van der Waals surface area contributed by atoms with Gasteiger partial charge < -0.3 is 10.4 Å². The van der Waals surface area contributed by atoms with Gasteiger partial charge in [-0.05, 0) is 31.1 Å².